The van der Waals surface area contributed by atoms with Crippen LogP contribution in [0.15, 0.2) is 24.8 Å². The van der Waals surface area contributed by atoms with Crippen LogP contribution in [0.1, 0.15) is 39.5 Å². The molecule has 0 aliphatic carbocycles. The van der Waals surface area contributed by atoms with Crippen LogP contribution in [0.4, 0.5) is 0 Å². The highest BCUT2D eigenvalue weighted by atomic mass is 16.4. The highest BCUT2D eigenvalue weighted by Gasteiger charge is 2.25. The SMILES string of the molecule is C=C(C(=O)O)C(C)(C)CCCN.C=CC(=O)NCCCCN(C)C. The maximum absolute atomic E-state index is 10.7. The summed E-state index contributed by atoms with van der Waals surface area (Å²) in [5.74, 6) is -1.00. The van der Waals surface area contributed by atoms with Gasteiger partial charge in [-0.3, -0.25) is 4.79 Å². The second kappa shape index (κ2) is 13.7. The van der Waals surface area contributed by atoms with E-state index in [4.69, 9.17) is 10.8 Å². The lowest BCUT2D eigenvalue weighted by Gasteiger charge is -2.24. The first-order valence-electron chi connectivity index (χ1n) is 8.26. The molecule has 0 radical (unpaired) electrons. The summed E-state index contributed by atoms with van der Waals surface area (Å²) in [4.78, 5) is 23.4. The summed E-state index contributed by atoms with van der Waals surface area (Å²) in [5.41, 5.74) is 5.25. The molecule has 0 unspecified atom stereocenters. The molecule has 24 heavy (non-hydrogen) atoms. The van der Waals surface area contributed by atoms with Crippen molar-refractivity contribution in [2.24, 2.45) is 11.1 Å². The maximum Gasteiger partial charge on any atom is 0.331 e. The van der Waals surface area contributed by atoms with Gasteiger partial charge in [-0.2, -0.15) is 0 Å². The predicted octanol–water partition coefficient (Wildman–Crippen LogP) is 2.02. The van der Waals surface area contributed by atoms with Gasteiger partial charge in [0, 0.05) is 12.1 Å². The second-order valence-corrected chi connectivity index (χ2v) is 6.57. The van der Waals surface area contributed by atoms with Gasteiger partial charge in [0.15, 0.2) is 0 Å². The molecule has 0 bridgehead atoms. The number of carbonyl (C=O) groups excluding carboxylic acids is 1. The van der Waals surface area contributed by atoms with Crippen LogP contribution in [0.2, 0.25) is 0 Å². The third-order valence-corrected chi connectivity index (χ3v) is 3.60. The Balaban J connectivity index is 0. The van der Waals surface area contributed by atoms with E-state index in [0.717, 1.165) is 38.8 Å². The minimum absolute atomic E-state index is 0.0835. The molecule has 0 aliphatic heterocycles. The van der Waals surface area contributed by atoms with Crippen LogP contribution in [0.25, 0.3) is 0 Å². The molecule has 6 nitrogen and oxygen atoms in total. The molecule has 0 atom stereocenters. The summed E-state index contributed by atoms with van der Waals surface area (Å²) in [6, 6.07) is 0. The monoisotopic (exact) mass is 341 g/mol. The number of carbonyl (C=O) groups is 2. The topological polar surface area (TPSA) is 95.7 Å². The highest BCUT2D eigenvalue weighted by Crippen LogP contribution is 2.30. The Labute approximate surface area is 146 Å². The van der Waals surface area contributed by atoms with Gasteiger partial charge in [0.25, 0.3) is 0 Å². The van der Waals surface area contributed by atoms with Crippen molar-refractivity contribution in [3.63, 3.8) is 0 Å². The summed E-state index contributed by atoms with van der Waals surface area (Å²) in [6.07, 6.45) is 5.04. The van der Waals surface area contributed by atoms with Crippen LogP contribution in [0.3, 0.4) is 0 Å². The third kappa shape index (κ3) is 14.0. The Morgan fingerprint density at radius 3 is 2.25 bits per heavy atom. The molecule has 4 N–H and O–H groups in total. The normalized spacial score (nSPS) is 10.6. The van der Waals surface area contributed by atoms with Crippen molar-refractivity contribution in [2.45, 2.75) is 39.5 Å². The minimum Gasteiger partial charge on any atom is -0.478 e. The van der Waals surface area contributed by atoms with Crippen molar-refractivity contribution in [1.82, 2.24) is 10.2 Å². The number of carboxylic acid groups (broad SMARTS) is 1. The van der Waals surface area contributed by atoms with E-state index in [2.05, 4.69) is 23.4 Å². The molecule has 1 amide bonds. The van der Waals surface area contributed by atoms with Crippen molar-refractivity contribution in [2.75, 3.05) is 33.7 Å². The average molecular weight is 341 g/mol. The van der Waals surface area contributed by atoms with Crippen molar-refractivity contribution in [1.29, 1.82) is 0 Å². The first kappa shape index (κ1) is 24.6. The highest BCUT2D eigenvalue weighted by molar-refractivity contribution is 5.87. The number of nitrogens with zero attached hydrogens (tertiary/aromatic N) is 1. The summed E-state index contributed by atoms with van der Waals surface area (Å²) >= 11 is 0. The van der Waals surface area contributed by atoms with Gasteiger partial charge in [0.1, 0.15) is 0 Å². The van der Waals surface area contributed by atoms with E-state index >= 15 is 0 Å². The molecule has 0 rings (SSSR count). The van der Waals surface area contributed by atoms with Gasteiger partial charge in [-0.15, -0.1) is 0 Å². The quantitative estimate of drug-likeness (QED) is 0.395. The van der Waals surface area contributed by atoms with Gasteiger partial charge in [-0.1, -0.05) is 27.0 Å². The van der Waals surface area contributed by atoms with Crippen LogP contribution in [0.5, 0.6) is 0 Å². The smallest absolute Gasteiger partial charge is 0.331 e. The lowest BCUT2D eigenvalue weighted by Crippen LogP contribution is -2.23. The molecule has 140 valence electrons. The molecule has 0 aromatic heterocycles. The van der Waals surface area contributed by atoms with E-state index in [1.807, 2.05) is 27.9 Å². The van der Waals surface area contributed by atoms with Crippen LogP contribution >= 0.6 is 0 Å². The van der Waals surface area contributed by atoms with E-state index in [1.165, 1.54) is 6.08 Å². The summed E-state index contributed by atoms with van der Waals surface area (Å²) in [7, 11) is 4.09. The maximum atomic E-state index is 10.7. The zero-order chi connectivity index (χ0) is 19.2. The van der Waals surface area contributed by atoms with Gasteiger partial charge in [-0.25, -0.2) is 4.79 Å². The van der Waals surface area contributed by atoms with E-state index in [-0.39, 0.29) is 16.9 Å². The Morgan fingerprint density at radius 1 is 1.25 bits per heavy atom. The molecule has 0 heterocycles. The first-order valence-corrected chi connectivity index (χ1v) is 8.26. The van der Waals surface area contributed by atoms with E-state index in [1.54, 1.807) is 0 Å². The van der Waals surface area contributed by atoms with Crippen molar-refractivity contribution in [3.8, 4) is 0 Å². The van der Waals surface area contributed by atoms with Crippen LogP contribution in [-0.2, 0) is 9.59 Å². The fourth-order valence-electron chi connectivity index (χ4n) is 1.82. The van der Waals surface area contributed by atoms with Crippen molar-refractivity contribution >= 4 is 11.9 Å². The van der Waals surface area contributed by atoms with E-state index in [9.17, 15) is 9.59 Å². The Kier molecular flexibility index (Phi) is 14.1. The molecular formula is C18H35N3O3. The van der Waals surface area contributed by atoms with Crippen LogP contribution in [-0.4, -0.2) is 55.6 Å². The van der Waals surface area contributed by atoms with Gasteiger partial charge in [0.05, 0.1) is 0 Å². The summed E-state index contributed by atoms with van der Waals surface area (Å²) < 4.78 is 0. The molecule has 0 saturated heterocycles. The molecule has 0 fully saturated rings. The standard InChI is InChI=1S/C9H18N2O.C9H17NO2/c1-4-9(12)10-7-5-6-8-11(2)3;1-7(8(11)12)9(2,3)5-4-6-10/h4H,1,5-8H2,2-3H3,(H,10,12);1,4-6,10H2,2-3H3,(H,11,12). The lowest BCUT2D eigenvalue weighted by molar-refractivity contribution is -0.133. The summed E-state index contributed by atoms with van der Waals surface area (Å²) in [6.45, 7) is 13.1. The average Bonchev–Trinajstić information content (AvgIpc) is 2.51. The molecule has 0 saturated carbocycles. The number of rotatable bonds is 11. The minimum atomic E-state index is -0.919. The van der Waals surface area contributed by atoms with Crippen molar-refractivity contribution in [3.05, 3.63) is 24.8 Å². The fourth-order valence-corrected chi connectivity index (χ4v) is 1.82. The zero-order valence-corrected chi connectivity index (χ0v) is 15.7. The molecule has 0 aromatic rings. The molecule has 0 aromatic carbocycles. The van der Waals surface area contributed by atoms with Gasteiger partial charge >= 0.3 is 5.97 Å². The largest absolute Gasteiger partial charge is 0.478 e. The van der Waals surface area contributed by atoms with Gasteiger partial charge in [-0.05, 0) is 64.4 Å². The number of amides is 1. The number of carboxylic acids is 1. The van der Waals surface area contributed by atoms with Crippen LogP contribution < -0.4 is 11.1 Å². The Hall–Kier alpha value is -1.66. The Bertz CT molecular complexity index is 404. The predicted molar refractivity (Wildman–Crippen MR) is 99.8 cm³/mol. The van der Waals surface area contributed by atoms with Gasteiger partial charge < -0.3 is 21.1 Å². The Morgan fingerprint density at radius 2 is 1.83 bits per heavy atom. The van der Waals surface area contributed by atoms with Crippen LogP contribution in [0, 0.1) is 5.41 Å². The van der Waals surface area contributed by atoms with E-state index in [0.29, 0.717) is 6.54 Å². The number of nitrogens with two attached hydrogens (primary N) is 1. The zero-order valence-electron chi connectivity index (χ0n) is 15.7. The van der Waals surface area contributed by atoms with Gasteiger partial charge in [0.2, 0.25) is 5.91 Å². The van der Waals surface area contributed by atoms with Crippen molar-refractivity contribution < 1.29 is 14.7 Å². The number of hydrogen-bond acceptors (Lipinski definition) is 4. The molecule has 0 spiro atoms. The number of unbranched alkanes of at least 4 members (excludes halogenated alkanes) is 1. The lowest BCUT2D eigenvalue weighted by atomic mass is 9.81. The molecule has 6 heteroatoms. The number of hydrogen-bond donors (Lipinski definition) is 3. The first-order chi connectivity index (χ1) is 11.1. The second-order valence-electron chi connectivity index (χ2n) is 6.57. The van der Waals surface area contributed by atoms with E-state index < -0.39 is 5.97 Å². The molecule has 0 aliphatic rings. The molecular weight excluding hydrogens is 306 g/mol. The number of nitrogens with one attached hydrogen (secondary N) is 1. The fraction of sp³-hybridized carbons (Fsp3) is 0.667. The summed E-state index contributed by atoms with van der Waals surface area (Å²) in [5, 5.41) is 11.4. The number of aliphatic carboxylic acids is 1. The third-order valence-electron chi connectivity index (χ3n) is 3.60.